The number of benzene rings is 2. The maximum atomic E-state index is 13.8. The van der Waals surface area contributed by atoms with Crippen molar-refractivity contribution in [2.24, 2.45) is 0 Å². The highest BCUT2D eigenvalue weighted by Crippen LogP contribution is 2.40. The van der Waals surface area contributed by atoms with Crippen LogP contribution in [0.15, 0.2) is 42.9 Å². The highest BCUT2D eigenvalue weighted by atomic mass is 35.5. The van der Waals surface area contributed by atoms with E-state index in [9.17, 15) is 28.5 Å². The van der Waals surface area contributed by atoms with E-state index < -0.39 is 47.9 Å². The molecule has 10 nitrogen and oxygen atoms in total. The molecule has 200 valence electrons. The van der Waals surface area contributed by atoms with Gasteiger partial charge in [0.05, 0.1) is 23.0 Å². The zero-order chi connectivity index (χ0) is 27.1. The minimum Gasteiger partial charge on any atom is -0.396 e. The molecule has 1 aliphatic heterocycles. The van der Waals surface area contributed by atoms with Crippen molar-refractivity contribution in [3.8, 4) is 16.9 Å². The Bertz CT molecular complexity index is 1450. The average molecular weight is 571 g/mol. The Morgan fingerprint density at radius 2 is 1.74 bits per heavy atom. The van der Waals surface area contributed by atoms with Crippen LogP contribution >= 0.6 is 23.2 Å². The van der Waals surface area contributed by atoms with E-state index in [1.54, 1.807) is 18.2 Å². The van der Waals surface area contributed by atoms with Gasteiger partial charge >= 0.3 is 0 Å². The SMILES string of the molecule is OCC[C@H]1O[C@@H](c2nncn2-c2cc(Cl)ccc2Cl)[C@H](O)[C@@H](n2cc(-c3cc(F)c(F)c(F)c3)nn2)[C@H]1O. The summed E-state index contributed by atoms with van der Waals surface area (Å²) in [5.74, 6) is -4.34. The van der Waals surface area contributed by atoms with Crippen molar-refractivity contribution >= 4 is 23.2 Å². The van der Waals surface area contributed by atoms with E-state index in [1.165, 1.54) is 17.1 Å². The normalized spacial score (nSPS) is 23.6. The van der Waals surface area contributed by atoms with E-state index in [1.807, 2.05) is 0 Å². The van der Waals surface area contributed by atoms with Gasteiger partial charge in [0.1, 0.15) is 36.4 Å². The van der Waals surface area contributed by atoms with Crippen LogP contribution in [0.3, 0.4) is 0 Å². The maximum Gasteiger partial charge on any atom is 0.194 e. The maximum absolute atomic E-state index is 13.8. The largest absolute Gasteiger partial charge is 0.396 e. The molecule has 2 aromatic carbocycles. The molecule has 38 heavy (non-hydrogen) atoms. The van der Waals surface area contributed by atoms with E-state index in [2.05, 4.69) is 20.5 Å². The number of aliphatic hydroxyl groups excluding tert-OH is 3. The summed E-state index contributed by atoms with van der Waals surface area (Å²) in [7, 11) is 0. The lowest BCUT2D eigenvalue weighted by molar-refractivity contribution is -0.205. The average Bonchev–Trinajstić information content (AvgIpc) is 3.56. The van der Waals surface area contributed by atoms with Crippen LogP contribution in [-0.2, 0) is 4.74 Å². The fourth-order valence-corrected chi connectivity index (χ4v) is 4.77. The number of aliphatic hydroxyl groups is 3. The molecule has 5 rings (SSSR count). The summed E-state index contributed by atoms with van der Waals surface area (Å²) in [5, 5.41) is 48.4. The third-order valence-electron chi connectivity index (χ3n) is 6.22. The van der Waals surface area contributed by atoms with Crippen LogP contribution in [0.1, 0.15) is 24.4 Å². The van der Waals surface area contributed by atoms with Crippen LogP contribution in [0.2, 0.25) is 10.0 Å². The standard InChI is InChI=1S/C23H19Cl2F3N6O4/c24-11-1-2-12(25)16(7-11)33-9-29-31-23(33)22-21(37)19(20(36)17(38-22)3-4-35)34-8-15(30-32-34)10-5-13(26)18(28)14(27)6-10/h1-2,5-9,17,19-22,35-37H,3-4H2/t17-,19+,20+,21-,22-/m1/s1. The minimum absolute atomic E-state index is 0.0110. The molecule has 1 saturated heterocycles. The Kier molecular flexibility index (Phi) is 7.40. The van der Waals surface area contributed by atoms with Crippen molar-refractivity contribution < 1.29 is 33.2 Å². The summed E-state index contributed by atoms with van der Waals surface area (Å²) in [6.45, 7) is -0.346. The summed E-state index contributed by atoms with van der Waals surface area (Å²) >= 11 is 12.5. The molecule has 0 spiro atoms. The molecule has 1 aliphatic rings. The monoisotopic (exact) mass is 570 g/mol. The number of hydrogen-bond acceptors (Lipinski definition) is 8. The predicted molar refractivity (Wildman–Crippen MR) is 127 cm³/mol. The second-order valence-electron chi connectivity index (χ2n) is 8.57. The van der Waals surface area contributed by atoms with Crippen molar-refractivity contribution in [1.82, 2.24) is 29.8 Å². The van der Waals surface area contributed by atoms with Gasteiger partial charge < -0.3 is 20.1 Å². The van der Waals surface area contributed by atoms with Crippen molar-refractivity contribution in [3.63, 3.8) is 0 Å². The zero-order valence-corrected chi connectivity index (χ0v) is 20.7. The number of halogens is 5. The van der Waals surface area contributed by atoms with E-state index in [-0.39, 0.29) is 30.1 Å². The Hall–Kier alpha value is -3.07. The van der Waals surface area contributed by atoms with Gasteiger partial charge in [0, 0.05) is 17.2 Å². The highest BCUT2D eigenvalue weighted by Gasteiger charge is 2.48. The molecule has 0 bridgehead atoms. The van der Waals surface area contributed by atoms with E-state index in [4.69, 9.17) is 27.9 Å². The summed E-state index contributed by atoms with van der Waals surface area (Å²) in [5.41, 5.74) is 0.250. The van der Waals surface area contributed by atoms with Gasteiger partial charge in [0.2, 0.25) is 0 Å². The van der Waals surface area contributed by atoms with Crippen molar-refractivity contribution in [1.29, 1.82) is 0 Å². The first kappa shape index (κ1) is 26.5. The van der Waals surface area contributed by atoms with Gasteiger partial charge in [0.25, 0.3) is 0 Å². The first-order valence-corrected chi connectivity index (χ1v) is 12.0. The fraction of sp³-hybridized carbons (Fsp3) is 0.304. The van der Waals surface area contributed by atoms with Gasteiger partial charge in [-0.25, -0.2) is 17.9 Å². The van der Waals surface area contributed by atoms with Crippen LogP contribution in [0.25, 0.3) is 16.9 Å². The Morgan fingerprint density at radius 3 is 2.45 bits per heavy atom. The molecule has 5 atom stereocenters. The van der Waals surface area contributed by atoms with Crippen LogP contribution in [0.5, 0.6) is 0 Å². The lowest BCUT2D eigenvalue weighted by Gasteiger charge is -2.42. The molecular weight excluding hydrogens is 552 g/mol. The fourth-order valence-electron chi connectivity index (χ4n) is 4.40. The molecule has 0 amide bonds. The van der Waals surface area contributed by atoms with E-state index >= 15 is 0 Å². The smallest absolute Gasteiger partial charge is 0.194 e. The first-order valence-electron chi connectivity index (χ1n) is 11.2. The van der Waals surface area contributed by atoms with Crippen LogP contribution in [0.4, 0.5) is 13.2 Å². The van der Waals surface area contributed by atoms with Gasteiger partial charge in [-0.05, 0) is 36.8 Å². The zero-order valence-electron chi connectivity index (χ0n) is 19.2. The number of hydrogen-bond donors (Lipinski definition) is 3. The molecule has 1 fully saturated rings. The third kappa shape index (κ3) is 4.77. The summed E-state index contributed by atoms with van der Waals surface area (Å²) in [6.07, 6.45) is -2.52. The quantitative estimate of drug-likeness (QED) is 0.301. The van der Waals surface area contributed by atoms with Crippen LogP contribution < -0.4 is 0 Å². The molecule has 15 heteroatoms. The van der Waals surface area contributed by atoms with Gasteiger partial charge in [-0.3, -0.25) is 4.57 Å². The van der Waals surface area contributed by atoms with Gasteiger partial charge in [-0.2, -0.15) is 0 Å². The molecule has 0 saturated carbocycles. The number of aromatic nitrogens is 6. The highest BCUT2D eigenvalue weighted by molar-refractivity contribution is 6.34. The Balaban J connectivity index is 1.54. The summed E-state index contributed by atoms with van der Waals surface area (Å²) in [4.78, 5) is 0. The Morgan fingerprint density at radius 1 is 1.00 bits per heavy atom. The van der Waals surface area contributed by atoms with Crippen molar-refractivity contribution in [2.75, 3.05) is 6.61 Å². The molecule has 4 aromatic rings. The molecule has 2 aromatic heterocycles. The number of rotatable bonds is 6. The van der Waals surface area contributed by atoms with Gasteiger partial charge in [0.15, 0.2) is 23.3 Å². The molecule has 3 heterocycles. The topological polar surface area (TPSA) is 131 Å². The van der Waals surface area contributed by atoms with E-state index in [0.29, 0.717) is 15.7 Å². The number of ether oxygens (including phenoxy) is 1. The van der Waals surface area contributed by atoms with Crippen molar-refractivity contribution in [2.45, 2.75) is 36.9 Å². The molecular formula is C23H19Cl2F3N6O4. The summed E-state index contributed by atoms with van der Waals surface area (Å²) < 4.78 is 49.5. The molecule has 0 radical (unpaired) electrons. The summed E-state index contributed by atoms with van der Waals surface area (Å²) in [6, 6.07) is 5.01. The van der Waals surface area contributed by atoms with Crippen LogP contribution in [-0.4, -0.2) is 70.0 Å². The van der Waals surface area contributed by atoms with Crippen LogP contribution in [0, 0.1) is 17.5 Å². The second kappa shape index (κ2) is 10.6. The molecule has 3 N–H and O–H groups in total. The van der Waals surface area contributed by atoms with Gasteiger partial charge in [-0.15, -0.1) is 15.3 Å². The molecule has 0 unspecified atom stereocenters. The first-order chi connectivity index (χ1) is 18.2. The number of nitrogens with zero attached hydrogens (tertiary/aromatic N) is 6. The van der Waals surface area contributed by atoms with Gasteiger partial charge in [-0.1, -0.05) is 28.4 Å². The van der Waals surface area contributed by atoms with Crippen molar-refractivity contribution in [3.05, 3.63) is 76.2 Å². The molecule has 0 aliphatic carbocycles. The van der Waals surface area contributed by atoms with E-state index in [0.717, 1.165) is 16.8 Å². The minimum atomic E-state index is -1.63. The lowest BCUT2D eigenvalue weighted by Crippen LogP contribution is -2.52. The lowest BCUT2D eigenvalue weighted by atomic mass is 9.90. The third-order valence-corrected chi connectivity index (χ3v) is 6.77. The predicted octanol–water partition coefficient (Wildman–Crippen LogP) is 3.04. The second-order valence-corrected chi connectivity index (χ2v) is 9.42. The Labute approximate surface area is 222 Å².